The van der Waals surface area contributed by atoms with E-state index < -0.39 is 18.4 Å². The van der Waals surface area contributed by atoms with Crippen molar-refractivity contribution in [2.24, 2.45) is 5.73 Å². The normalized spacial score (nSPS) is 27.5. The highest BCUT2D eigenvalue weighted by atomic mass is 19.3. The number of aliphatic hydroxyl groups is 1. The van der Waals surface area contributed by atoms with Gasteiger partial charge in [-0.25, -0.2) is 13.8 Å². The van der Waals surface area contributed by atoms with E-state index in [0.717, 1.165) is 39.0 Å². The van der Waals surface area contributed by atoms with Crippen LogP contribution in [-0.4, -0.2) is 57.8 Å². The molecule has 0 unspecified atom stereocenters. The van der Waals surface area contributed by atoms with Crippen molar-refractivity contribution in [1.82, 2.24) is 9.97 Å². The molecule has 0 radical (unpaired) electrons. The number of carbonyl (C=O) groups excluding carboxylic acids is 1. The van der Waals surface area contributed by atoms with Gasteiger partial charge in [0.05, 0.1) is 17.8 Å². The van der Waals surface area contributed by atoms with Gasteiger partial charge in [-0.05, 0) is 51.4 Å². The summed E-state index contributed by atoms with van der Waals surface area (Å²) in [6.45, 7) is 0.297. The molecule has 1 aromatic rings. The summed E-state index contributed by atoms with van der Waals surface area (Å²) >= 11 is 0. The number of amides is 1. The third kappa shape index (κ3) is 6.73. The van der Waals surface area contributed by atoms with Crippen molar-refractivity contribution >= 4 is 17.7 Å². The molecule has 8 nitrogen and oxygen atoms in total. The summed E-state index contributed by atoms with van der Waals surface area (Å²) in [4.78, 5) is 20.4. The standard InChI is InChI=1S/C20H31F2N5O3/c1-20(21,22)11-30-15-7-5-12(6-8-15)26-19-24-10-16(17(23)29)18(27-19)25-13-3-2-4-14(28)9-13/h10,12-15,28H,2-9,11H2,1H3,(H2,23,29)(H2,24,25,26,27)/t12-,13-,14+,15-/m1/s1. The van der Waals surface area contributed by atoms with Gasteiger partial charge >= 0.3 is 0 Å². The van der Waals surface area contributed by atoms with Crippen molar-refractivity contribution < 1.29 is 23.4 Å². The first-order chi connectivity index (χ1) is 14.2. The summed E-state index contributed by atoms with van der Waals surface area (Å²) in [6.07, 6.45) is 6.87. The Morgan fingerprint density at radius 1 is 1.23 bits per heavy atom. The van der Waals surface area contributed by atoms with Crippen molar-refractivity contribution in [2.75, 3.05) is 17.2 Å². The van der Waals surface area contributed by atoms with Gasteiger partial charge in [0.2, 0.25) is 5.95 Å². The maximum Gasteiger partial charge on any atom is 0.268 e. The molecule has 3 rings (SSSR count). The van der Waals surface area contributed by atoms with Crippen molar-refractivity contribution in [3.05, 3.63) is 11.8 Å². The van der Waals surface area contributed by atoms with E-state index in [-0.39, 0.29) is 29.9 Å². The summed E-state index contributed by atoms with van der Waals surface area (Å²) < 4.78 is 31.2. The number of nitrogens with two attached hydrogens (primary N) is 1. The van der Waals surface area contributed by atoms with E-state index in [1.807, 2.05) is 0 Å². The first-order valence-corrected chi connectivity index (χ1v) is 10.6. The lowest BCUT2D eigenvalue weighted by Crippen LogP contribution is -2.33. The number of rotatable bonds is 8. The average molecular weight is 427 g/mol. The van der Waals surface area contributed by atoms with Crippen molar-refractivity contribution in [3.63, 3.8) is 0 Å². The van der Waals surface area contributed by atoms with Crippen molar-refractivity contribution in [2.45, 2.75) is 88.5 Å². The SMILES string of the molecule is CC(F)(F)CO[C@H]1CC[C@H](Nc2ncc(C(N)=O)c(N[C@@H]3CCC[C@H](O)C3)n2)CC1. The largest absolute Gasteiger partial charge is 0.393 e. The van der Waals surface area contributed by atoms with Gasteiger partial charge in [0.25, 0.3) is 11.8 Å². The van der Waals surface area contributed by atoms with Gasteiger partial charge in [-0.3, -0.25) is 4.79 Å². The van der Waals surface area contributed by atoms with Gasteiger partial charge in [-0.1, -0.05) is 0 Å². The van der Waals surface area contributed by atoms with E-state index in [0.29, 0.717) is 31.0 Å². The fraction of sp³-hybridized carbons (Fsp3) is 0.750. The molecule has 2 aliphatic rings. The molecule has 5 N–H and O–H groups in total. The first-order valence-electron chi connectivity index (χ1n) is 10.6. The topological polar surface area (TPSA) is 122 Å². The van der Waals surface area contributed by atoms with Crippen LogP contribution in [0.2, 0.25) is 0 Å². The van der Waals surface area contributed by atoms with E-state index in [4.69, 9.17) is 10.5 Å². The molecular formula is C20H31F2N5O3. The Morgan fingerprint density at radius 2 is 1.97 bits per heavy atom. The van der Waals surface area contributed by atoms with Gasteiger partial charge in [-0.2, -0.15) is 4.98 Å². The minimum absolute atomic E-state index is 0.0129. The molecule has 1 heterocycles. The van der Waals surface area contributed by atoms with Crippen LogP contribution in [0.4, 0.5) is 20.5 Å². The van der Waals surface area contributed by atoms with Crippen LogP contribution in [0.1, 0.15) is 68.6 Å². The quantitative estimate of drug-likeness (QED) is 0.503. The molecule has 1 aromatic heterocycles. The Kier molecular flexibility index (Phi) is 7.41. The van der Waals surface area contributed by atoms with Crippen molar-refractivity contribution in [1.29, 1.82) is 0 Å². The van der Waals surface area contributed by atoms with Crippen LogP contribution in [0.3, 0.4) is 0 Å². The Bertz CT molecular complexity index is 723. The lowest BCUT2D eigenvalue weighted by Gasteiger charge is -2.30. The lowest BCUT2D eigenvalue weighted by molar-refractivity contribution is -0.0943. The zero-order valence-electron chi connectivity index (χ0n) is 17.2. The number of hydrogen-bond donors (Lipinski definition) is 4. The number of nitrogens with one attached hydrogen (secondary N) is 2. The minimum atomic E-state index is -2.82. The minimum Gasteiger partial charge on any atom is -0.393 e. The summed E-state index contributed by atoms with van der Waals surface area (Å²) in [5, 5.41) is 16.4. The number of halogens is 2. The van der Waals surface area contributed by atoms with E-state index >= 15 is 0 Å². The Morgan fingerprint density at radius 3 is 2.60 bits per heavy atom. The predicted molar refractivity (Wildman–Crippen MR) is 109 cm³/mol. The smallest absolute Gasteiger partial charge is 0.268 e. The number of alkyl halides is 2. The van der Waals surface area contributed by atoms with Crippen LogP contribution in [0.25, 0.3) is 0 Å². The molecule has 2 fully saturated rings. The molecule has 0 saturated heterocycles. The zero-order chi connectivity index (χ0) is 21.7. The zero-order valence-corrected chi connectivity index (χ0v) is 17.2. The maximum absolute atomic E-state index is 13.0. The molecule has 2 aliphatic carbocycles. The number of aromatic nitrogens is 2. The van der Waals surface area contributed by atoms with E-state index in [9.17, 15) is 18.7 Å². The van der Waals surface area contributed by atoms with Gasteiger partial charge in [0.15, 0.2) is 0 Å². The van der Waals surface area contributed by atoms with Crippen LogP contribution in [0.15, 0.2) is 6.20 Å². The van der Waals surface area contributed by atoms with Crippen LogP contribution in [0, 0.1) is 0 Å². The van der Waals surface area contributed by atoms with E-state index in [1.54, 1.807) is 0 Å². The second kappa shape index (κ2) is 9.82. The summed E-state index contributed by atoms with van der Waals surface area (Å²) in [5.41, 5.74) is 5.67. The monoisotopic (exact) mass is 427 g/mol. The van der Waals surface area contributed by atoms with Crippen molar-refractivity contribution in [3.8, 4) is 0 Å². The molecular weight excluding hydrogens is 396 g/mol. The lowest BCUT2D eigenvalue weighted by atomic mass is 9.93. The highest BCUT2D eigenvalue weighted by molar-refractivity contribution is 5.97. The van der Waals surface area contributed by atoms with Gasteiger partial charge in [-0.15, -0.1) is 0 Å². The molecule has 0 bridgehead atoms. The fourth-order valence-corrected chi connectivity index (χ4v) is 4.05. The van der Waals surface area contributed by atoms with Gasteiger partial charge in [0, 0.05) is 25.2 Å². The molecule has 0 aliphatic heterocycles. The fourth-order valence-electron chi connectivity index (χ4n) is 4.05. The number of primary amides is 1. The van der Waals surface area contributed by atoms with E-state index in [1.165, 1.54) is 6.20 Å². The number of hydrogen-bond acceptors (Lipinski definition) is 7. The molecule has 30 heavy (non-hydrogen) atoms. The Labute approximate surface area is 175 Å². The maximum atomic E-state index is 13.0. The third-order valence-corrected chi connectivity index (χ3v) is 5.62. The second-order valence-electron chi connectivity index (χ2n) is 8.48. The second-order valence-corrected chi connectivity index (χ2v) is 8.48. The Balaban J connectivity index is 1.58. The summed E-state index contributed by atoms with van der Waals surface area (Å²) in [5.74, 6) is -2.70. The number of nitrogens with zero attached hydrogens (tertiary/aromatic N) is 2. The van der Waals surface area contributed by atoms with Crippen LogP contribution in [0.5, 0.6) is 0 Å². The molecule has 2 atom stereocenters. The predicted octanol–water partition coefficient (Wildman–Crippen LogP) is 2.69. The highest BCUT2D eigenvalue weighted by Crippen LogP contribution is 2.27. The highest BCUT2D eigenvalue weighted by Gasteiger charge is 2.28. The average Bonchev–Trinajstić information content (AvgIpc) is 2.67. The van der Waals surface area contributed by atoms with Gasteiger partial charge in [0.1, 0.15) is 12.4 Å². The number of anilines is 2. The molecule has 10 heteroatoms. The summed E-state index contributed by atoms with van der Waals surface area (Å²) in [7, 11) is 0. The molecule has 0 aromatic carbocycles. The molecule has 1 amide bonds. The van der Waals surface area contributed by atoms with Crippen LogP contribution >= 0.6 is 0 Å². The number of ether oxygens (including phenoxy) is 1. The summed E-state index contributed by atoms with van der Waals surface area (Å²) in [6, 6.07) is 0.106. The van der Waals surface area contributed by atoms with E-state index in [2.05, 4.69) is 20.6 Å². The molecule has 0 spiro atoms. The van der Waals surface area contributed by atoms with Crippen LogP contribution < -0.4 is 16.4 Å². The van der Waals surface area contributed by atoms with Gasteiger partial charge < -0.3 is 26.2 Å². The first kappa shape index (κ1) is 22.6. The Hall–Kier alpha value is -2.07. The number of aliphatic hydroxyl groups excluding tert-OH is 1. The molecule has 2 saturated carbocycles. The molecule has 168 valence electrons. The third-order valence-electron chi connectivity index (χ3n) is 5.62. The number of carbonyl (C=O) groups is 1. The van der Waals surface area contributed by atoms with Crippen LogP contribution in [-0.2, 0) is 4.74 Å².